The summed E-state index contributed by atoms with van der Waals surface area (Å²) in [6.07, 6.45) is 6.79. The second-order valence-electron chi connectivity index (χ2n) is 6.81. The molecule has 4 heterocycles. The molecule has 3 aromatic rings. The van der Waals surface area contributed by atoms with E-state index in [1.54, 1.807) is 30.7 Å². The molecule has 4 rings (SSSR count). The number of nitrogens with zero attached hydrogens (tertiary/aromatic N) is 6. The molecule has 138 valence electrons. The van der Waals surface area contributed by atoms with E-state index in [1.807, 2.05) is 18.7 Å². The lowest BCUT2D eigenvalue weighted by molar-refractivity contribution is 0.0780. The molecule has 3 aromatic heterocycles. The van der Waals surface area contributed by atoms with Crippen molar-refractivity contribution in [2.75, 3.05) is 13.1 Å². The maximum Gasteiger partial charge on any atom is 0.274 e. The minimum atomic E-state index is -0.0684. The smallest absolute Gasteiger partial charge is 0.274 e. The van der Waals surface area contributed by atoms with Crippen molar-refractivity contribution in [1.82, 2.24) is 30.2 Å². The van der Waals surface area contributed by atoms with Gasteiger partial charge in [0.25, 0.3) is 5.91 Å². The molecule has 1 fully saturated rings. The molecule has 1 aliphatic heterocycles. The van der Waals surface area contributed by atoms with Crippen LogP contribution in [-0.2, 0) is 6.42 Å². The van der Waals surface area contributed by atoms with Gasteiger partial charge in [0.15, 0.2) is 5.69 Å². The van der Waals surface area contributed by atoms with Gasteiger partial charge in [0.05, 0.1) is 28.8 Å². The first-order chi connectivity index (χ1) is 13.1. The Hall–Kier alpha value is -3.16. The van der Waals surface area contributed by atoms with Gasteiger partial charge in [-0.15, -0.1) is 5.10 Å². The van der Waals surface area contributed by atoms with E-state index in [2.05, 4.69) is 20.3 Å². The van der Waals surface area contributed by atoms with Gasteiger partial charge in [-0.25, -0.2) is 4.98 Å². The summed E-state index contributed by atoms with van der Waals surface area (Å²) in [7, 11) is 0. The zero-order chi connectivity index (χ0) is 18.8. The van der Waals surface area contributed by atoms with Gasteiger partial charge in [-0.3, -0.25) is 9.78 Å². The zero-order valence-corrected chi connectivity index (χ0v) is 15.3. The van der Waals surface area contributed by atoms with Crippen LogP contribution in [0.5, 0.6) is 0 Å². The zero-order valence-electron chi connectivity index (χ0n) is 15.3. The molecular weight excluding hydrogens is 344 g/mol. The third-order valence-electron chi connectivity index (χ3n) is 4.84. The highest BCUT2D eigenvalue weighted by atomic mass is 16.5. The monoisotopic (exact) mass is 364 g/mol. The van der Waals surface area contributed by atoms with Crippen LogP contribution < -0.4 is 0 Å². The Bertz CT molecular complexity index is 936. The third-order valence-corrected chi connectivity index (χ3v) is 4.84. The second kappa shape index (κ2) is 7.22. The molecule has 0 spiro atoms. The quantitative estimate of drug-likeness (QED) is 0.700. The fraction of sp³-hybridized carbons (Fsp3) is 0.368. The first-order valence-corrected chi connectivity index (χ1v) is 8.93. The van der Waals surface area contributed by atoms with Gasteiger partial charge in [-0.05, 0) is 44.7 Å². The number of carbonyl (C=O) groups excluding carboxylic acids is 1. The number of aromatic nitrogens is 5. The Labute approximate surface area is 156 Å². The Morgan fingerprint density at radius 1 is 1.33 bits per heavy atom. The summed E-state index contributed by atoms with van der Waals surface area (Å²) in [6.45, 7) is 5.17. The highest BCUT2D eigenvalue weighted by molar-refractivity contribution is 5.92. The van der Waals surface area contributed by atoms with Crippen molar-refractivity contribution < 1.29 is 9.32 Å². The molecule has 0 N–H and O–H groups in total. The molecule has 0 aliphatic carbocycles. The molecule has 0 unspecified atom stereocenters. The van der Waals surface area contributed by atoms with Crippen molar-refractivity contribution in [3.8, 4) is 11.3 Å². The molecule has 1 aliphatic rings. The largest absolute Gasteiger partial charge is 0.361 e. The summed E-state index contributed by atoms with van der Waals surface area (Å²) < 4.78 is 5.23. The van der Waals surface area contributed by atoms with Gasteiger partial charge < -0.3 is 9.42 Å². The van der Waals surface area contributed by atoms with E-state index >= 15 is 0 Å². The number of hydrogen-bond donors (Lipinski definition) is 0. The van der Waals surface area contributed by atoms with E-state index in [4.69, 9.17) is 9.51 Å². The van der Waals surface area contributed by atoms with Gasteiger partial charge in [0.1, 0.15) is 5.76 Å². The van der Waals surface area contributed by atoms with Crippen molar-refractivity contribution in [1.29, 1.82) is 0 Å². The molecule has 0 aromatic carbocycles. The fourth-order valence-electron chi connectivity index (χ4n) is 3.53. The predicted octanol–water partition coefficient (Wildman–Crippen LogP) is 2.24. The Balaban J connectivity index is 1.45. The van der Waals surface area contributed by atoms with Gasteiger partial charge in [-0.2, -0.15) is 5.10 Å². The van der Waals surface area contributed by atoms with Crippen LogP contribution in [0.4, 0.5) is 0 Å². The Morgan fingerprint density at radius 2 is 2.22 bits per heavy atom. The SMILES string of the molecule is Cc1noc(C)c1-c1cncc(C[C@@H]2CCN(C(=O)c3cccnn3)C2)n1. The van der Waals surface area contributed by atoms with Gasteiger partial charge in [-0.1, -0.05) is 5.16 Å². The third kappa shape index (κ3) is 3.55. The number of amides is 1. The highest BCUT2D eigenvalue weighted by Crippen LogP contribution is 2.26. The summed E-state index contributed by atoms with van der Waals surface area (Å²) >= 11 is 0. The van der Waals surface area contributed by atoms with Crippen LogP contribution in [0.2, 0.25) is 0 Å². The van der Waals surface area contributed by atoms with E-state index in [0.29, 0.717) is 18.2 Å². The molecule has 8 nitrogen and oxygen atoms in total. The molecule has 1 saturated heterocycles. The van der Waals surface area contributed by atoms with Crippen molar-refractivity contribution in [2.24, 2.45) is 5.92 Å². The lowest BCUT2D eigenvalue weighted by Crippen LogP contribution is -2.29. The van der Waals surface area contributed by atoms with Crippen molar-refractivity contribution in [2.45, 2.75) is 26.7 Å². The maximum atomic E-state index is 12.5. The number of rotatable bonds is 4. The average molecular weight is 364 g/mol. The van der Waals surface area contributed by atoms with Gasteiger partial charge in [0.2, 0.25) is 0 Å². The van der Waals surface area contributed by atoms with E-state index in [-0.39, 0.29) is 5.91 Å². The summed E-state index contributed by atoms with van der Waals surface area (Å²) in [5, 5.41) is 11.7. The number of hydrogen-bond acceptors (Lipinski definition) is 7. The maximum absolute atomic E-state index is 12.5. The van der Waals surface area contributed by atoms with E-state index < -0.39 is 0 Å². The van der Waals surface area contributed by atoms with Gasteiger partial charge in [0, 0.05) is 25.5 Å². The summed E-state index contributed by atoms with van der Waals surface area (Å²) in [5.74, 6) is 1.02. The number of aryl methyl sites for hydroxylation is 2. The summed E-state index contributed by atoms with van der Waals surface area (Å²) in [6, 6.07) is 3.42. The van der Waals surface area contributed by atoms with Crippen LogP contribution in [0.15, 0.2) is 35.2 Å². The predicted molar refractivity (Wildman–Crippen MR) is 96.7 cm³/mol. The molecule has 27 heavy (non-hydrogen) atoms. The number of carbonyl (C=O) groups is 1. The summed E-state index contributed by atoms with van der Waals surface area (Å²) in [4.78, 5) is 23.4. The van der Waals surface area contributed by atoms with Crippen LogP contribution in [0.25, 0.3) is 11.3 Å². The molecule has 0 bridgehead atoms. The molecule has 1 amide bonds. The Kier molecular flexibility index (Phi) is 4.62. The standard InChI is InChI=1S/C19H20N6O2/c1-12-18(13(2)27-24-12)17-10-20-9-15(22-17)8-14-5-7-25(11-14)19(26)16-4-3-6-21-23-16/h3-4,6,9-10,14H,5,7-8,11H2,1-2H3/t14-/m0/s1. The van der Waals surface area contributed by atoms with E-state index in [1.165, 1.54) is 0 Å². The average Bonchev–Trinajstić information content (AvgIpc) is 3.28. The molecule has 1 atom stereocenters. The van der Waals surface area contributed by atoms with Crippen LogP contribution >= 0.6 is 0 Å². The van der Waals surface area contributed by atoms with Crippen LogP contribution in [0, 0.1) is 19.8 Å². The highest BCUT2D eigenvalue weighted by Gasteiger charge is 2.28. The summed E-state index contributed by atoms with van der Waals surface area (Å²) in [5.41, 5.74) is 3.77. The van der Waals surface area contributed by atoms with Crippen LogP contribution in [0.3, 0.4) is 0 Å². The molecule has 8 heteroatoms. The minimum Gasteiger partial charge on any atom is -0.361 e. The van der Waals surface area contributed by atoms with Crippen LogP contribution in [-0.4, -0.2) is 49.2 Å². The normalized spacial score (nSPS) is 16.7. The van der Waals surface area contributed by atoms with Crippen molar-refractivity contribution in [3.05, 3.63) is 53.6 Å². The minimum absolute atomic E-state index is 0.0684. The first kappa shape index (κ1) is 17.3. The Morgan fingerprint density at radius 3 is 2.96 bits per heavy atom. The van der Waals surface area contributed by atoms with Crippen LogP contribution in [0.1, 0.15) is 34.1 Å². The molecule has 0 radical (unpaired) electrons. The second-order valence-corrected chi connectivity index (χ2v) is 6.81. The van der Waals surface area contributed by atoms with Crippen molar-refractivity contribution >= 4 is 5.91 Å². The topological polar surface area (TPSA) is 97.9 Å². The molecular formula is C19H20N6O2. The molecule has 0 saturated carbocycles. The fourth-order valence-corrected chi connectivity index (χ4v) is 3.53. The lowest BCUT2D eigenvalue weighted by Gasteiger charge is -2.15. The van der Waals surface area contributed by atoms with E-state index in [0.717, 1.165) is 47.8 Å². The number of likely N-dealkylation sites (tertiary alicyclic amines) is 1. The van der Waals surface area contributed by atoms with Gasteiger partial charge >= 0.3 is 0 Å². The lowest BCUT2D eigenvalue weighted by atomic mass is 10.0. The van der Waals surface area contributed by atoms with E-state index in [9.17, 15) is 4.79 Å². The van der Waals surface area contributed by atoms with Crippen molar-refractivity contribution in [3.63, 3.8) is 0 Å². The first-order valence-electron chi connectivity index (χ1n) is 8.93.